The summed E-state index contributed by atoms with van der Waals surface area (Å²) in [5.41, 5.74) is 5.53. The molecule has 0 aliphatic carbocycles. The molecular formula is C15H34N2O. The van der Waals surface area contributed by atoms with Crippen LogP contribution < -0.4 is 5.73 Å². The van der Waals surface area contributed by atoms with E-state index in [0.29, 0.717) is 0 Å². The van der Waals surface area contributed by atoms with Gasteiger partial charge in [0.15, 0.2) is 0 Å². The summed E-state index contributed by atoms with van der Waals surface area (Å²) in [6, 6.07) is 0. The van der Waals surface area contributed by atoms with Crippen molar-refractivity contribution in [2.45, 2.75) is 71.6 Å². The number of hydrogen-bond donors (Lipinski definition) is 1. The van der Waals surface area contributed by atoms with Crippen molar-refractivity contribution in [2.75, 3.05) is 26.2 Å². The predicted molar refractivity (Wildman–Crippen MR) is 79.5 cm³/mol. The van der Waals surface area contributed by atoms with Gasteiger partial charge in [0.05, 0.1) is 6.61 Å². The quantitative estimate of drug-likeness (QED) is 0.381. The molecule has 0 aliphatic rings. The van der Waals surface area contributed by atoms with Gasteiger partial charge in [0, 0.05) is 13.1 Å². The maximum absolute atomic E-state index is 5.79. The second-order valence-electron chi connectivity index (χ2n) is 5.03. The zero-order valence-corrected chi connectivity index (χ0v) is 12.6. The average molecular weight is 258 g/mol. The van der Waals surface area contributed by atoms with Gasteiger partial charge in [0.25, 0.3) is 0 Å². The van der Waals surface area contributed by atoms with Crippen LogP contribution >= 0.6 is 0 Å². The lowest BCUT2D eigenvalue weighted by atomic mass is 10.1. The Kier molecular flexibility index (Phi) is 14.8. The number of nitrogens with zero attached hydrogens (tertiary/aromatic N) is 1. The number of hydroxylamine groups is 2. The molecule has 0 aromatic carbocycles. The molecule has 0 atom stereocenters. The highest BCUT2D eigenvalue weighted by Crippen LogP contribution is 2.07. The fourth-order valence-electron chi connectivity index (χ4n) is 2.01. The smallest absolute Gasteiger partial charge is 0.0685 e. The lowest BCUT2D eigenvalue weighted by molar-refractivity contribution is -0.160. The van der Waals surface area contributed by atoms with Gasteiger partial charge in [0.2, 0.25) is 0 Å². The van der Waals surface area contributed by atoms with Crippen molar-refractivity contribution in [2.24, 2.45) is 5.73 Å². The molecule has 0 rings (SSSR count). The van der Waals surface area contributed by atoms with E-state index in [4.69, 9.17) is 10.6 Å². The molecule has 3 heteroatoms. The summed E-state index contributed by atoms with van der Waals surface area (Å²) in [5, 5.41) is 2.09. The normalized spacial score (nSPS) is 11.3. The molecule has 0 saturated heterocycles. The first-order valence-electron chi connectivity index (χ1n) is 7.93. The van der Waals surface area contributed by atoms with Crippen molar-refractivity contribution in [3.05, 3.63) is 0 Å². The van der Waals surface area contributed by atoms with E-state index in [1.165, 1.54) is 44.9 Å². The SMILES string of the molecule is CCCCCCCCCON(CCC)CCCN. The lowest BCUT2D eigenvalue weighted by Crippen LogP contribution is -2.28. The summed E-state index contributed by atoms with van der Waals surface area (Å²) in [4.78, 5) is 5.79. The largest absolute Gasteiger partial charge is 0.330 e. The Morgan fingerprint density at radius 1 is 0.778 bits per heavy atom. The molecule has 110 valence electrons. The van der Waals surface area contributed by atoms with Crippen LogP contribution in [0.4, 0.5) is 0 Å². The predicted octanol–water partition coefficient (Wildman–Crippen LogP) is 3.73. The molecule has 0 aromatic heterocycles. The van der Waals surface area contributed by atoms with Crippen LogP contribution in [0.2, 0.25) is 0 Å². The molecule has 3 nitrogen and oxygen atoms in total. The van der Waals surface area contributed by atoms with Crippen LogP contribution in [0.5, 0.6) is 0 Å². The molecule has 0 unspecified atom stereocenters. The van der Waals surface area contributed by atoms with Gasteiger partial charge in [-0.1, -0.05) is 52.4 Å². The van der Waals surface area contributed by atoms with E-state index in [0.717, 1.165) is 39.1 Å². The number of nitrogens with two attached hydrogens (primary N) is 1. The third-order valence-corrected chi connectivity index (χ3v) is 3.11. The Balaban J connectivity index is 3.31. The zero-order valence-electron chi connectivity index (χ0n) is 12.6. The summed E-state index contributed by atoms with van der Waals surface area (Å²) >= 11 is 0. The fraction of sp³-hybridized carbons (Fsp3) is 1.00. The molecule has 2 N–H and O–H groups in total. The maximum Gasteiger partial charge on any atom is 0.0685 e. The van der Waals surface area contributed by atoms with Gasteiger partial charge >= 0.3 is 0 Å². The van der Waals surface area contributed by atoms with Crippen LogP contribution in [0.25, 0.3) is 0 Å². The number of hydrogen-bond acceptors (Lipinski definition) is 3. The van der Waals surface area contributed by atoms with Crippen LogP contribution in [0.3, 0.4) is 0 Å². The first-order chi connectivity index (χ1) is 8.85. The van der Waals surface area contributed by atoms with Gasteiger partial charge in [-0.2, -0.15) is 5.06 Å². The Morgan fingerprint density at radius 3 is 2.06 bits per heavy atom. The molecule has 0 radical (unpaired) electrons. The van der Waals surface area contributed by atoms with Crippen LogP contribution in [0.1, 0.15) is 71.6 Å². The van der Waals surface area contributed by atoms with E-state index >= 15 is 0 Å². The minimum Gasteiger partial charge on any atom is -0.330 e. The van der Waals surface area contributed by atoms with Gasteiger partial charge in [-0.15, -0.1) is 0 Å². The minimum absolute atomic E-state index is 0.751. The van der Waals surface area contributed by atoms with Gasteiger partial charge in [-0.25, -0.2) is 0 Å². The topological polar surface area (TPSA) is 38.5 Å². The second kappa shape index (κ2) is 14.9. The molecule has 0 bridgehead atoms. The molecule has 0 amide bonds. The monoisotopic (exact) mass is 258 g/mol. The van der Waals surface area contributed by atoms with Crippen molar-refractivity contribution < 1.29 is 4.84 Å². The first kappa shape index (κ1) is 17.9. The fourth-order valence-corrected chi connectivity index (χ4v) is 2.01. The third-order valence-electron chi connectivity index (χ3n) is 3.11. The highest BCUT2D eigenvalue weighted by molar-refractivity contribution is 4.48. The Hall–Kier alpha value is -0.120. The summed E-state index contributed by atoms with van der Waals surface area (Å²) in [5.74, 6) is 0. The molecule has 0 heterocycles. The second-order valence-corrected chi connectivity index (χ2v) is 5.03. The highest BCUT2D eigenvalue weighted by Gasteiger charge is 2.02. The average Bonchev–Trinajstić information content (AvgIpc) is 2.39. The molecular weight excluding hydrogens is 224 g/mol. The number of rotatable bonds is 14. The van der Waals surface area contributed by atoms with Crippen molar-refractivity contribution in [1.29, 1.82) is 0 Å². The van der Waals surface area contributed by atoms with Crippen LogP contribution in [-0.4, -0.2) is 31.3 Å². The first-order valence-corrected chi connectivity index (χ1v) is 7.93. The zero-order chi connectivity index (χ0) is 13.5. The molecule has 0 fully saturated rings. The standard InChI is InChI=1S/C15H34N2O/c1-3-5-6-7-8-9-10-15-18-17(13-4-2)14-11-12-16/h3-16H2,1-2H3. The van der Waals surface area contributed by atoms with Crippen molar-refractivity contribution in [1.82, 2.24) is 5.06 Å². The van der Waals surface area contributed by atoms with E-state index in [-0.39, 0.29) is 0 Å². The maximum atomic E-state index is 5.79. The van der Waals surface area contributed by atoms with E-state index in [1.54, 1.807) is 0 Å². The van der Waals surface area contributed by atoms with Crippen LogP contribution in [0, 0.1) is 0 Å². The summed E-state index contributed by atoms with van der Waals surface area (Å²) in [6.45, 7) is 8.07. The van der Waals surface area contributed by atoms with Crippen LogP contribution in [-0.2, 0) is 4.84 Å². The minimum atomic E-state index is 0.751. The molecule has 0 saturated carbocycles. The van der Waals surface area contributed by atoms with Crippen molar-refractivity contribution in [3.63, 3.8) is 0 Å². The third kappa shape index (κ3) is 12.3. The van der Waals surface area contributed by atoms with E-state index < -0.39 is 0 Å². The van der Waals surface area contributed by atoms with Gasteiger partial charge in [0.1, 0.15) is 0 Å². The molecule has 0 aliphatic heterocycles. The van der Waals surface area contributed by atoms with E-state index in [9.17, 15) is 0 Å². The van der Waals surface area contributed by atoms with E-state index in [1.807, 2.05) is 0 Å². The molecule has 18 heavy (non-hydrogen) atoms. The van der Waals surface area contributed by atoms with Gasteiger partial charge < -0.3 is 5.73 Å². The lowest BCUT2D eigenvalue weighted by Gasteiger charge is -2.20. The Morgan fingerprint density at radius 2 is 1.44 bits per heavy atom. The van der Waals surface area contributed by atoms with Gasteiger partial charge in [-0.05, 0) is 25.8 Å². The van der Waals surface area contributed by atoms with Crippen LogP contribution in [0.15, 0.2) is 0 Å². The summed E-state index contributed by atoms with van der Waals surface area (Å²) in [7, 11) is 0. The van der Waals surface area contributed by atoms with Gasteiger partial charge in [-0.3, -0.25) is 4.84 Å². The Labute approximate surface area is 114 Å². The molecule has 0 aromatic rings. The molecule has 0 spiro atoms. The summed E-state index contributed by atoms with van der Waals surface area (Å²) in [6.07, 6.45) is 11.5. The highest BCUT2D eigenvalue weighted by atomic mass is 16.7. The summed E-state index contributed by atoms with van der Waals surface area (Å²) < 4.78 is 0. The van der Waals surface area contributed by atoms with Crippen molar-refractivity contribution in [3.8, 4) is 0 Å². The Bertz CT molecular complexity index is 153. The number of unbranched alkanes of at least 4 members (excludes halogenated alkanes) is 6. The van der Waals surface area contributed by atoms with Crippen molar-refractivity contribution >= 4 is 0 Å². The van der Waals surface area contributed by atoms with E-state index in [2.05, 4.69) is 18.9 Å².